The standard InChI is InChI=1S/C31H35F3N4O7/c1-37(2)19-9-14(11-36-10-12-5-17(32)23(34)18(33)6-12)25(39)21-15(19)7-13-8-16-24(38(3)4)27(41)22(30(35)44)29(43)31(16,45)28(42)20(13)26(21)40/h5-6,9,13,16,22,24,27,36,39-41,45H,7-8,10-11H2,1-4H3,(H2,35,44)/t13-,16-,22?,24?,27?,31-/m1/s1. The fraction of sp³-hybridized carbons (Fsp3) is 0.452. The van der Waals surface area contributed by atoms with Crippen LogP contribution in [-0.2, 0) is 33.9 Å². The van der Waals surface area contributed by atoms with Crippen LogP contribution in [0.15, 0.2) is 23.8 Å². The van der Waals surface area contributed by atoms with Crippen molar-refractivity contribution in [3.63, 3.8) is 0 Å². The first-order valence-corrected chi connectivity index (χ1v) is 14.3. The van der Waals surface area contributed by atoms with Crippen LogP contribution in [-0.4, -0.2) is 88.7 Å². The second-order valence-electron chi connectivity index (χ2n) is 12.4. The molecule has 0 radical (unpaired) electrons. The summed E-state index contributed by atoms with van der Waals surface area (Å²) in [5.41, 5.74) is 3.69. The van der Waals surface area contributed by atoms with E-state index in [1.165, 1.54) is 4.90 Å². The lowest BCUT2D eigenvalue weighted by Crippen LogP contribution is -2.73. The lowest BCUT2D eigenvalue weighted by Gasteiger charge is -2.53. The molecule has 2 aromatic carbocycles. The smallest absolute Gasteiger partial charge is 0.230 e. The number of nitrogens with one attached hydrogen (secondary N) is 1. The number of amides is 1. The second kappa shape index (κ2) is 11.4. The number of carbonyl (C=O) groups is 3. The Bertz CT molecular complexity index is 1620. The number of fused-ring (bicyclic) bond motifs is 3. The number of aliphatic hydroxyl groups excluding tert-OH is 2. The summed E-state index contributed by atoms with van der Waals surface area (Å²) in [7, 11) is 6.62. The van der Waals surface area contributed by atoms with Gasteiger partial charge in [-0.1, -0.05) is 0 Å². The van der Waals surface area contributed by atoms with Crippen LogP contribution >= 0.6 is 0 Å². The number of benzene rings is 2. The minimum atomic E-state index is -2.77. The van der Waals surface area contributed by atoms with E-state index in [0.29, 0.717) is 11.3 Å². The molecule has 0 aliphatic heterocycles. The van der Waals surface area contributed by atoms with Crippen LogP contribution in [0.1, 0.15) is 28.7 Å². The number of nitrogens with zero attached hydrogens (tertiary/aromatic N) is 2. The summed E-state index contributed by atoms with van der Waals surface area (Å²) in [6, 6.07) is 2.32. The number of phenolic OH excluding ortho intramolecular Hbond substituents is 1. The topological polar surface area (TPSA) is 177 Å². The average molecular weight is 633 g/mol. The summed E-state index contributed by atoms with van der Waals surface area (Å²) < 4.78 is 40.7. The Morgan fingerprint density at radius 2 is 1.69 bits per heavy atom. The molecule has 0 heterocycles. The Hall–Kier alpha value is -3.98. The fourth-order valence-corrected chi connectivity index (χ4v) is 7.29. The van der Waals surface area contributed by atoms with Gasteiger partial charge in [0.25, 0.3) is 0 Å². The van der Waals surface area contributed by atoms with Crippen molar-refractivity contribution in [3.05, 3.63) is 63.5 Å². The normalized spacial score (nSPS) is 27.7. The molecule has 0 spiro atoms. The van der Waals surface area contributed by atoms with Crippen molar-refractivity contribution >= 4 is 28.9 Å². The van der Waals surface area contributed by atoms with Crippen LogP contribution in [0.5, 0.6) is 5.75 Å². The molecule has 45 heavy (non-hydrogen) atoms. The van der Waals surface area contributed by atoms with Crippen molar-refractivity contribution in [2.45, 2.75) is 43.7 Å². The summed E-state index contributed by atoms with van der Waals surface area (Å²) >= 11 is 0. The molecule has 7 N–H and O–H groups in total. The number of anilines is 1. The van der Waals surface area contributed by atoms with Gasteiger partial charge in [0.1, 0.15) is 17.4 Å². The molecule has 14 heteroatoms. The Morgan fingerprint density at radius 1 is 1.07 bits per heavy atom. The minimum absolute atomic E-state index is 0.0140. The first-order chi connectivity index (χ1) is 21.0. The first-order valence-electron chi connectivity index (χ1n) is 14.3. The molecular weight excluding hydrogens is 597 g/mol. The van der Waals surface area contributed by atoms with Gasteiger partial charge >= 0.3 is 0 Å². The summed E-state index contributed by atoms with van der Waals surface area (Å²) in [6.07, 6.45) is -1.48. The number of rotatable bonds is 7. The average Bonchev–Trinajstić information content (AvgIpc) is 2.94. The highest BCUT2D eigenvalue weighted by Gasteiger charge is 2.67. The number of carbonyl (C=O) groups excluding carboxylic acids is 3. The van der Waals surface area contributed by atoms with Gasteiger partial charge in [-0.15, -0.1) is 0 Å². The summed E-state index contributed by atoms with van der Waals surface area (Å²) in [5.74, 6) is -12.6. The lowest BCUT2D eigenvalue weighted by molar-refractivity contribution is -0.184. The van der Waals surface area contributed by atoms with Crippen molar-refractivity contribution in [2.24, 2.45) is 23.5 Å². The largest absolute Gasteiger partial charge is 0.507 e. The molecule has 2 fully saturated rings. The van der Waals surface area contributed by atoms with E-state index in [2.05, 4.69) is 5.32 Å². The van der Waals surface area contributed by atoms with Crippen LogP contribution in [0.3, 0.4) is 0 Å². The van der Waals surface area contributed by atoms with Crippen LogP contribution in [0.25, 0.3) is 5.76 Å². The van der Waals surface area contributed by atoms with Gasteiger partial charge in [0.15, 0.2) is 28.8 Å². The molecule has 3 aliphatic rings. The van der Waals surface area contributed by atoms with E-state index in [9.17, 15) is 48.0 Å². The molecule has 2 saturated carbocycles. The predicted molar refractivity (Wildman–Crippen MR) is 155 cm³/mol. The van der Waals surface area contributed by atoms with E-state index in [0.717, 1.165) is 12.1 Å². The quantitative estimate of drug-likeness (QED) is 0.190. The Kier molecular flexibility index (Phi) is 8.23. The van der Waals surface area contributed by atoms with Crippen LogP contribution < -0.4 is 16.0 Å². The zero-order chi connectivity index (χ0) is 33.3. The van der Waals surface area contributed by atoms with E-state index in [1.54, 1.807) is 39.2 Å². The number of hydrogen-bond donors (Lipinski definition) is 6. The van der Waals surface area contributed by atoms with Crippen molar-refractivity contribution in [2.75, 3.05) is 33.1 Å². The highest BCUT2D eigenvalue weighted by Crippen LogP contribution is 2.53. The number of aromatic hydroxyl groups is 1. The summed E-state index contributed by atoms with van der Waals surface area (Å²) in [6.45, 7) is -0.181. The Balaban J connectivity index is 1.57. The number of primary amides is 1. The number of halogens is 3. The number of Topliss-reactive ketones (excluding diaryl/α,β-unsaturated/α-hetero) is 2. The number of ketones is 2. The number of aliphatic hydroxyl groups is 3. The van der Waals surface area contributed by atoms with Crippen molar-refractivity contribution < 1.29 is 48.0 Å². The van der Waals surface area contributed by atoms with Gasteiger partial charge in [-0.3, -0.25) is 14.4 Å². The van der Waals surface area contributed by atoms with E-state index in [-0.39, 0.29) is 48.2 Å². The summed E-state index contributed by atoms with van der Waals surface area (Å²) in [5, 5.41) is 48.7. The van der Waals surface area contributed by atoms with E-state index >= 15 is 0 Å². The van der Waals surface area contributed by atoms with Crippen molar-refractivity contribution in [3.8, 4) is 5.75 Å². The van der Waals surface area contributed by atoms with Gasteiger partial charge in [-0.05, 0) is 62.2 Å². The van der Waals surface area contributed by atoms with Gasteiger partial charge in [0.2, 0.25) is 11.7 Å². The highest BCUT2D eigenvalue weighted by molar-refractivity contribution is 6.25. The number of nitrogens with two attached hydrogens (primary N) is 1. The molecule has 2 aromatic rings. The van der Waals surface area contributed by atoms with E-state index in [1.807, 2.05) is 0 Å². The van der Waals surface area contributed by atoms with Gasteiger partial charge in [0, 0.05) is 56.0 Å². The van der Waals surface area contributed by atoms with Crippen molar-refractivity contribution in [1.82, 2.24) is 10.2 Å². The second-order valence-corrected chi connectivity index (χ2v) is 12.4. The maximum Gasteiger partial charge on any atom is 0.230 e. The fourth-order valence-electron chi connectivity index (χ4n) is 7.29. The molecule has 3 unspecified atom stereocenters. The third-order valence-corrected chi connectivity index (χ3v) is 9.31. The third-order valence-electron chi connectivity index (χ3n) is 9.31. The van der Waals surface area contributed by atoms with Gasteiger partial charge in [-0.2, -0.15) is 0 Å². The molecule has 5 rings (SSSR count). The predicted octanol–water partition coefficient (Wildman–Crippen LogP) is 0.902. The zero-order valence-corrected chi connectivity index (χ0v) is 25.1. The summed E-state index contributed by atoms with van der Waals surface area (Å²) in [4.78, 5) is 43.1. The van der Waals surface area contributed by atoms with Crippen molar-refractivity contribution in [1.29, 1.82) is 0 Å². The molecule has 3 aliphatic carbocycles. The Morgan fingerprint density at radius 3 is 2.24 bits per heavy atom. The van der Waals surface area contributed by atoms with Crippen LogP contribution in [0.4, 0.5) is 18.9 Å². The number of hydrogen-bond acceptors (Lipinski definition) is 10. The molecular formula is C31H35F3N4O7. The van der Waals surface area contributed by atoms with E-state index in [4.69, 9.17) is 5.73 Å². The molecule has 11 nitrogen and oxygen atoms in total. The monoisotopic (exact) mass is 632 g/mol. The van der Waals surface area contributed by atoms with Gasteiger partial charge in [0.05, 0.1) is 11.7 Å². The van der Waals surface area contributed by atoms with Crippen LogP contribution in [0.2, 0.25) is 0 Å². The SMILES string of the molecule is CN(C)c1cc(CNCc2cc(F)c(F)c(F)c2)c(O)c2c1C[C@@H]1C[C@@H]3C(N(C)C)C(O)C(C(N)=O)C(=O)[C@]3(O)C(=O)C1=C2O. The molecule has 0 aromatic heterocycles. The minimum Gasteiger partial charge on any atom is -0.507 e. The number of phenols is 1. The maximum absolute atomic E-state index is 14.1. The van der Waals surface area contributed by atoms with Gasteiger partial charge in [-0.25, -0.2) is 13.2 Å². The lowest BCUT2D eigenvalue weighted by atomic mass is 9.54. The zero-order valence-electron chi connectivity index (χ0n) is 25.1. The molecule has 6 atom stereocenters. The Labute approximate surface area is 256 Å². The molecule has 0 bridgehead atoms. The van der Waals surface area contributed by atoms with Crippen LogP contribution in [0, 0.1) is 35.2 Å². The van der Waals surface area contributed by atoms with E-state index < -0.39 is 81.9 Å². The third kappa shape index (κ3) is 4.96. The first kappa shape index (κ1) is 32.4. The highest BCUT2D eigenvalue weighted by atomic mass is 19.2. The maximum atomic E-state index is 14.1. The molecule has 1 amide bonds. The van der Waals surface area contributed by atoms with Gasteiger partial charge < -0.3 is 41.3 Å². The molecule has 0 saturated heterocycles. The molecule has 242 valence electrons. The number of likely N-dealkylation sites (N-methyl/N-ethyl adjacent to an activating group) is 1.